The molecule has 2 atom stereocenters. The highest BCUT2D eigenvalue weighted by Crippen LogP contribution is 2.55. The summed E-state index contributed by atoms with van der Waals surface area (Å²) in [5.74, 6) is -0.835. The predicted molar refractivity (Wildman–Crippen MR) is 173 cm³/mol. The van der Waals surface area contributed by atoms with E-state index in [-0.39, 0.29) is 0 Å². The average Bonchev–Trinajstić information content (AvgIpc) is 3.25. The fraction of sp³-hybridized carbons (Fsp3) is 0.231. The highest BCUT2D eigenvalue weighted by atomic mass is 16.5. The summed E-state index contributed by atoms with van der Waals surface area (Å²) in [7, 11) is 0. The maximum atomic E-state index is 12.6. The third-order valence-electron chi connectivity index (χ3n) is 8.16. The molecule has 2 unspecified atom stereocenters. The zero-order valence-electron chi connectivity index (χ0n) is 25.4. The van der Waals surface area contributed by atoms with Gasteiger partial charge in [-0.2, -0.15) is 0 Å². The zero-order chi connectivity index (χ0) is 30.7. The van der Waals surface area contributed by atoms with Gasteiger partial charge in [-0.1, -0.05) is 98.1 Å². The maximum absolute atomic E-state index is 12.6. The highest BCUT2D eigenvalue weighted by Gasteiger charge is 2.46. The molecule has 0 spiro atoms. The second-order valence-electron chi connectivity index (χ2n) is 11.7. The van der Waals surface area contributed by atoms with Crippen molar-refractivity contribution in [3.8, 4) is 33.4 Å². The van der Waals surface area contributed by atoms with Gasteiger partial charge in [0, 0.05) is 16.6 Å². The molecule has 0 aromatic heterocycles. The van der Waals surface area contributed by atoms with E-state index in [4.69, 9.17) is 9.47 Å². The van der Waals surface area contributed by atoms with Crippen LogP contribution in [0.4, 0.5) is 0 Å². The standard InChI is InChI=1S/C39H38O4/c1-25(2)37(40)42-27(5)23-39(24-28(6)43-38(41)26(3)4)35-21-31(29-13-9-7-10-14-29)17-19-33(35)34-20-18-32(22-36(34)39)30-15-11-8-12-16-30/h7-22,27-28H,1,3,23-24H2,2,4-6H3. The molecule has 0 saturated carbocycles. The van der Waals surface area contributed by atoms with Gasteiger partial charge in [0.1, 0.15) is 12.2 Å². The van der Waals surface area contributed by atoms with E-state index in [1.807, 2.05) is 50.2 Å². The predicted octanol–water partition coefficient (Wildman–Crippen LogP) is 9.08. The molecule has 43 heavy (non-hydrogen) atoms. The topological polar surface area (TPSA) is 52.6 Å². The second kappa shape index (κ2) is 12.3. The van der Waals surface area contributed by atoms with Crippen LogP contribution in [0.15, 0.2) is 121 Å². The molecule has 4 nitrogen and oxygen atoms in total. The van der Waals surface area contributed by atoms with Crippen molar-refractivity contribution in [2.75, 3.05) is 0 Å². The molecule has 0 radical (unpaired) electrons. The average molecular weight is 571 g/mol. The summed E-state index contributed by atoms with van der Waals surface area (Å²) in [6.07, 6.45) is 0.121. The molecule has 0 fully saturated rings. The van der Waals surface area contributed by atoms with Crippen molar-refractivity contribution in [1.29, 1.82) is 0 Å². The number of carbonyl (C=O) groups excluding carboxylic acids is 2. The normalized spacial score (nSPS) is 14.1. The molecule has 4 heteroatoms. The molecule has 5 rings (SSSR count). The Hall–Kier alpha value is -4.70. The minimum Gasteiger partial charge on any atom is -0.459 e. The van der Waals surface area contributed by atoms with Crippen molar-refractivity contribution in [2.45, 2.75) is 58.2 Å². The fourth-order valence-electron chi connectivity index (χ4n) is 6.27. The summed E-state index contributed by atoms with van der Waals surface area (Å²) in [4.78, 5) is 25.3. The van der Waals surface area contributed by atoms with Gasteiger partial charge in [0.05, 0.1) is 0 Å². The van der Waals surface area contributed by atoms with E-state index in [2.05, 4.69) is 73.8 Å². The molecule has 0 bridgehead atoms. The van der Waals surface area contributed by atoms with Crippen molar-refractivity contribution in [2.24, 2.45) is 0 Å². The molecule has 1 aliphatic rings. The van der Waals surface area contributed by atoms with Gasteiger partial charge in [-0.25, -0.2) is 9.59 Å². The number of hydrogen-bond acceptors (Lipinski definition) is 4. The van der Waals surface area contributed by atoms with Gasteiger partial charge in [0.2, 0.25) is 0 Å². The number of fused-ring (bicyclic) bond motifs is 3. The van der Waals surface area contributed by atoms with Gasteiger partial charge >= 0.3 is 11.9 Å². The van der Waals surface area contributed by atoms with Crippen LogP contribution in [-0.4, -0.2) is 24.1 Å². The molecular weight excluding hydrogens is 532 g/mol. The summed E-state index contributed by atoms with van der Waals surface area (Å²) in [5, 5.41) is 0. The number of esters is 2. The van der Waals surface area contributed by atoms with Crippen molar-refractivity contribution in [3.05, 3.63) is 132 Å². The van der Waals surface area contributed by atoms with Crippen LogP contribution in [-0.2, 0) is 24.5 Å². The first-order chi connectivity index (χ1) is 20.6. The Kier molecular flexibility index (Phi) is 8.50. The van der Waals surface area contributed by atoms with Crippen LogP contribution < -0.4 is 0 Å². The number of benzene rings is 4. The number of rotatable bonds is 10. The summed E-state index contributed by atoms with van der Waals surface area (Å²) in [6, 6.07) is 33.8. The van der Waals surface area contributed by atoms with E-state index in [9.17, 15) is 9.59 Å². The van der Waals surface area contributed by atoms with Crippen molar-refractivity contribution in [1.82, 2.24) is 0 Å². The Morgan fingerprint density at radius 3 is 1.33 bits per heavy atom. The van der Waals surface area contributed by atoms with Gasteiger partial charge in [0.25, 0.3) is 0 Å². The fourth-order valence-corrected chi connectivity index (χ4v) is 6.27. The summed E-state index contributed by atoms with van der Waals surface area (Å²) in [5.41, 5.74) is 9.03. The lowest BCUT2D eigenvalue weighted by Crippen LogP contribution is -2.36. The van der Waals surface area contributed by atoms with E-state index in [1.54, 1.807) is 13.8 Å². The van der Waals surface area contributed by atoms with E-state index < -0.39 is 29.6 Å². The van der Waals surface area contributed by atoms with Crippen molar-refractivity contribution < 1.29 is 19.1 Å². The van der Waals surface area contributed by atoms with Gasteiger partial charge in [0.15, 0.2) is 0 Å². The van der Waals surface area contributed by atoms with Crippen LogP contribution >= 0.6 is 0 Å². The largest absolute Gasteiger partial charge is 0.459 e. The van der Waals surface area contributed by atoms with Gasteiger partial charge in [-0.3, -0.25) is 0 Å². The Balaban J connectivity index is 1.72. The first-order valence-corrected chi connectivity index (χ1v) is 14.7. The summed E-state index contributed by atoms with van der Waals surface area (Å²) < 4.78 is 11.8. The molecule has 0 aliphatic heterocycles. The van der Waals surface area contributed by atoms with Crippen LogP contribution in [0.5, 0.6) is 0 Å². The SMILES string of the molecule is C=C(C)C(=O)OC(C)CC1(CC(C)OC(=O)C(=C)C)c2cc(-c3ccccc3)ccc2-c2ccc(-c3ccccc3)cc21. The van der Waals surface area contributed by atoms with Crippen LogP contribution in [0.25, 0.3) is 33.4 Å². The van der Waals surface area contributed by atoms with E-state index >= 15 is 0 Å². The first kappa shape index (κ1) is 29.8. The lowest BCUT2D eigenvalue weighted by Gasteiger charge is -2.37. The number of ether oxygens (including phenoxy) is 2. The summed E-state index contributed by atoms with van der Waals surface area (Å²) in [6.45, 7) is 14.7. The van der Waals surface area contributed by atoms with Gasteiger partial charge < -0.3 is 9.47 Å². The van der Waals surface area contributed by atoms with Gasteiger partial charge in [-0.15, -0.1) is 0 Å². The van der Waals surface area contributed by atoms with E-state index in [1.165, 1.54) is 0 Å². The molecule has 4 aromatic carbocycles. The third-order valence-corrected chi connectivity index (χ3v) is 8.16. The molecule has 4 aromatic rings. The molecular formula is C39H38O4. The van der Waals surface area contributed by atoms with Crippen LogP contribution in [0, 0.1) is 0 Å². The molecule has 0 heterocycles. The van der Waals surface area contributed by atoms with Crippen molar-refractivity contribution in [3.63, 3.8) is 0 Å². The monoisotopic (exact) mass is 570 g/mol. The van der Waals surface area contributed by atoms with Crippen LogP contribution in [0.2, 0.25) is 0 Å². The molecule has 218 valence electrons. The zero-order valence-corrected chi connectivity index (χ0v) is 25.4. The highest BCUT2D eigenvalue weighted by molar-refractivity contribution is 5.88. The Morgan fingerprint density at radius 1 is 0.605 bits per heavy atom. The molecule has 0 N–H and O–H groups in total. The minimum absolute atomic E-state index is 0.356. The van der Waals surface area contributed by atoms with Crippen molar-refractivity contribution >= 4 is 11.9 Å². The lowest BCUT2D eigenvalue weighted by molar-refractivity contribution is -0.144. The maximum Gasteiger partial charge on any atom is 0.333 e. The van der Waals surface area contributed by atoms with E-state index in [0.717, 1.165) is 44.5 Å². The van der Waals surface area contributed by atoms with Crippen LogP contribution in [0.1, 0.15) is 51.7 Å². The summed E-state index contributed by atoms with van der Waals surface area (Å²) >= 11 is 0. The third kappa shape index (κ3) is 6.10. The molecule has 1 aliphatic carbocycles. The molecule has 0 amide bonds. The Bertz CT molecular complexity index is 1560. The number of hydrogen-bond donors (Lipinski definition) is 0. The Labute approximate surface area is 254 Å². The molecule has 0 saturated heterocycles. The Morgan fingerprint density at radius 2 is 0.977 bits per heavy atom. The second-order valence-corrected chi connectivity index (χ2v) is 11.7. The van der Waals surface area contributed by atoms with Crippen LogP contribution in [0.3, 0.4) is 0 Å². The lowest BCUT2D eigenvalue weighted by atomic mass is 9.69. The first-order valence-electron chi connectivity index (χ1n) is 14.7. The smallest absolute Gasteiger partial charge is 0.333 e. The van der Waals surface area contributed by atoms with Gasteiger partial charge in [-0.05, 0) is 97.2 Å². The van der Waals surface area contributed by atoms with E-state index in [0.29, 0.717) is 24.0 Å². The minimum atomic E-state index is -0.621. The number of carbonyl (C=O) groups is 2. The quantitative estimate of drug-likeness (QED) is 0.141.